The minimum atomic E-state index is -3.62. The summed E-state index contributed by atoms with van der Waals surface area (Å²) in [6.07, 6.45) is 2.97. The van der Waals surface area contributed by atoms with Crippen molar-refractivity contribution in [2.24, 2.45) is 16.6 Å². The van der Waals surface area contributed by atoms with Gasteiger partial charge in [-0.05, 0) is 57.2 Å². The van der Waals surface area contributed by atoms with Crippen molar-refractivity contribution < 1.29 is 17.6 Å². The van der Waals surface area contributed by atoms with Crippen LogP contribution in [0.4, 0.5) is 4.39 Å². The zero-order valence-corrected chi connectivity index (χ0v) is 16.2. The van der Waals surface area contributed by atoms with E-state index in [-0.39, 0.29) is 29.4 Å². The highest BCUT2D eigenvalue weighted by Crippen LogP contribution is 2.38. The van der Waals surface area contributed by atoms with Crippen LogP contribution in [0.2, 0.25) is 0 Å². The van der Waals surface area contributed by atoms with E-state index in [1.165, 1.54) is 19.9 Å². The Labute approximate surface area is 153 Å². The number of Topliss-reactive ketones (excluding diaryl/α,β-unsaturated/α-hetero) is 1. The van der Waals surface area contributed by atoms with Crippen LogP contribution in [0.3, 0.4) is 0 Å². The van der Waals surface area contributed by atoms with Crippen LogP contribution in [0.1, 0.15) is 51.2 Å². The van der Waals surface area contributed by atoms with Crippen LogP contribution in [-0.2, 0) is 26.6 Å². The second-order valence-corrected chi connectivity index (χ2v) is 10.8. The first kappa shape index (κ1) is 19.0. The smallest absolute Gasteiger partial charge is 0.165 e. The number of amidine groups is 1. The maximum absolute atomic E-state index is 14.5. The minimum absolute atomic E-state index is 0.0270. The number of hydrogen-bond acceptors (Lipinski definition) is 5. The van der Waals surface area contributed by atoms with Crippen molar-refractivity contribution in [2.75, 3.05) is 5.75 Å². The lowest BCUT2D eigenvalue weighted by molar-refractivity contribution is -0.118. The first-order valence-corrected chi connectivity index (χ1v) is 10.5. The summed E-state index contributed by atoms with van der Waals surface area (Å²) in [7, 11) is -3.62. The Kier molecular flexibility index (Phi) is 4.50. The normalized spacial score (nSPS) is 27.0. The molecule has 3 rings (SSSR count). The van der Waals surface area contributed by atoms with Crippen LogP contribution < -0.4 is 5.73 Å². The van der Waals surface area contributed by atoms with Crippen LogP contribution in [0.5, 0.6) is 0 Å². The van der Waals surface area contributed by atoms with Crippen LogP contribution >= 0.6 is 0 Å². The maximum atomic E-state index is 14.5. The molecule has 142 valence electrons. The standard InChI is InChI=1S/C19H25FN2O3S/c1-18(2)17(21)22-19(3,11-26(18,24)25)15-10-13(6-7-16(15)20)9-14(23)8-12-4-5-12/h6-7,10,12H,4-5,8-9,11H2,1-3H3,(H2,21,22)/t19-/m0/s1. The first-order valence-electron chi connectivity index (χ1n) is 8.83. The van der Waals surface area contributed by atoms with Gasteiger partial charge in [-0.2, -0.15) is 0 Å². The van der Waals surface area contributed by atoms with E-state index in [1.54, 1.807) is 19.1 Å². The van der Waals surface area contributed by atoms with Gasteiger partial charge < -0.3 is 5.73 Å². The fourth-order valence-corrected chi connectivity index (χ4v) is 5.00. The minimum Gasteiger partial charge on any atom is -0.386 e. The van der Waals surface area contributed by atoms with E-state index in [0.29, 0.717) is 17.9 Å². The molecular weight excluding hydrogens is 355 g/mol. The molecule has 2 aliphatic rings. The van der Waals surface area contributed by atoms with E-state index in [2.05, 4.69) is 4.99 Å². The summed E-state index contributed by atoms with van der Waals surface area (Å²) in [5.74, 6) is -0.284. The van der Waals surface area contributed by atoms with Gasteiger partial charge >= 0.3 is 0 Å². The molecule has 0 amide bonds. The van der Waals surface area contributed by atoms with Gasteiger partial charge in [0.1, 0.15) is 27.7 Å². The Morgan fingerprint density at radius 3 is 2.54 bits per heavy atom. The fraction of sp³-hybridized carbons (Fsp3) is 0.579. The Morgan fingerprint density at radius 2 is 1.96 bits per heavy atom. The number of sulfone groups is 1. The number of hydrogen-bond donors (Lipinski definition) is 1. The monoisotopic (exact) mass is 380 g/mol. The SMILES string of the molecule is CC1(C)C(N)=N[C@](C)(c2cc(CC(=O)CC3CC3)ccc2F)CS1(=O)=O. The number of nitrogens with two attached hydrogens (primary N) is 1. The molecule has 1 aromatic rings. The number of carbonyl (C=O) groups excluding carboxylic acids is 1. The van der Waals surface area contributed by atoms with E-state index >= 15 is 0 Å². The zero-order chi connectivity index (χ0) is 19.3. The number of halogens is 1. The van der Waals surface area contributed by atoms with E-state index in [4.69, 9.17) is 5.73 Å². The summed E-state index contributed by atoms with van der Waals surface area (Å²) >= 11 is 0. The van der Waals surface area contributed by atoms with Crippen LogP contribution in [0.15, 0.2) is 23.2 Å². The predicted molar refractivity (Wildman–Crippen MR) is 99.3 cm³/mol. The lowest BCUT2D eigenvalue weighted by Gasteiger charge is -2.38. The molecule has 0 bridgehead atoms. The Morgan fingerprint density at radius 1 is 1.31 bits per heavy atom. The molecule has 1 aromatic carbocycles. The van der Waals surface area contributed by atoms with Crippen LogP contribution in [0, 0.1) is 11.7 Å². The summed E-state index contributed by atoms with van der Waals surface area (Å²) in [5.41, 5.74) is 5.45. The third-order valence-electron chi connectivity index (χ3n) is 5.46. The number of benzene rings is 1. The van der Waals surface area contributed by atoms with Crippen molar-refractivity contribution in [3.05, 3.63) is 35.1 Å². The molecule has 0 radical (unpaired) electrons. The van der Waals surface area contributed by atoms with Gasteiger partial charge in [0.05, 0.1) is 5.75 Å². The second-order valence-electron chi connectivity index (χ2n) is 8.22. The predicted octanol–water partition coefficient (Wildman–Crippen LogP) is 2.52. The van der Waals surface area contributed by atoms with E-state index in [0.717, 1.165) is 12.8 Å². The summed E-state index contributed by atoms with van der Waals surface area (Å²) in [6.45, 7) is 4.58. The summed E-state index contributed by atoms with van der Waals surface area (Å²) in [5, 5.41) is 0. The van der Waals surface area contributed by atoms with Gasteiger partial charge in [-0.3, -0.25) is 9.79 Å². The number of nitrogens with zero attached hydrogens (tertiary/aromatic N) is 1. The molecule has 7 heteroatoms. The number of rotatable bonds is 5. The quantitative estimate of drug-likeness (QED) is 0.850. The van der Waals surface area contributed by atoms with Gasteiger partial charge in [0, 0.05) is 18.4 Å². The molecule has 1 aliphatic carbocycles. The van der Waals surface area contributed by atoms with Crippen molar-refractivity contribution in [3.8, 4) is 0 Å². The highest BCUT2D eigenvalue weighted by Gasteiger charge is 2.49. The van der Waals surface area contributed by atoms with Crippen LogP contribution in [0.25, 0.3) is 0 Å². The van der Waals surface area contributed by atoms with E-state index in [1.807, 2.05) is 0 Å². The Hall–Kier alpha value is -1.76. The third kappa shape index (κ3) is 3.41. The summed E-state index contributed by atoms with van der Waals surface area (Å²) < 4.78 is 38.6. The van der Waals surface area contributed by atoms with Gasteiger partial charge in [-0.1, -0.05) is 6.07 Å². The topological polar surface area (TPSA) is 89.6 Å². The fourth-order valence-electron chi connectivity index (χ4n) is 3.32. The van der Waals surface area contributed by atoms with Crippen molar-refractivity contribution in [1.29, 1.82) is 0 Å². The molecule has 1 saturated carbocycles. The number of carbonyl (C=O) groups is 1. The highest BCUT2D eigenvalue weighted by molar-refractivity contribution is 7.93. The van der Waals surface area contributed by atoms with E-state index in [9.17, 15) is 17.6 Å². The van der Waals surface area contributed by atoms with Crippen molar-refractivity contribution in [3.63, 3.8) is 0 Å². The van der Waals surface area contributed by atoms with Crippen molar-refractivity contribution >= 4 is 21.5 Å². The van der Waals surface area contributed by atoms with Crippen molar-refractivity contribution in [1.82, 2.24) is 0 Å². The molecule has 0 saturated heterocycles. The molecule has 1 fully saturated rings. The largest absolute Gasteiger partial charge is 0.386 e. The van der Waals surface area contributed by atoms with Gasteiger partial charge in [-0.15, -0.1) is 0 Å². The maximum Gasteiger partial charge on any atom is 0.165 e. The average Bonchev–Trinajstić information content (AvgIpc) is 3.30. The van der Waals surface area contributed by atoms with Gasteiger partial charge in [-0.25, -0.2) is 12.8 Å². The zero-order valence-electron chi connectivity index (χ0n) is 15.4. The molecule has 0 unspecified atom stereocenters. The van der Waals surface area contributed by atoms with Crippen molar-refractivity contribution in [2.45, 2.75) is 56.7 Å². The van der Waals surface area contributed by atoms with Gasteiger partial charge in [0.15, 0.2) is 9.84 Å². The van der Waals surface area contributed by atoms with E-state index < -0.39 is 25.9 Å². The molecule has 1 aliphatic heterocycles. The molecule has 1 heterocycles. The van der Waals surface area contributed by atoms with Gasteiger partial charge in [0.2, 0.25) is 0 Å². The lowest BCUT2D eigenvalue weighted by Crippen LogP contribution is -2.55. The Balaban J connectivity index is 1.96. The molecular formula is C19H25FN2O3S. The molecule has 1 atom stereocenters. The summed E-state index contributed by atoms with van der Waals surface area (Å²) in [4.78, 5) is 16.5. The molecule has 0 spiro atoms. The number of ketones is 1. The van der Waals surface area contributed by atoms with Gasteiger partial charge in [0.25, 0.3) is 0 Å². The molecule has 5 nitrogen and oxygen atoms in total. The summed E-state index contributed by atoms with van der Waals surface area (Å²) in [6, 6.07) is 4.41. The second kappa shape index (κ2) is 6.15. The first-order chi connectivity index (χ1) is 11.9. The lowest BCUT2D eigenvalue weighted by atomic mass is 9.90. The average molecular weight is 380 g/mol. The Bertz CT molecular complexity index is 888. The highest BCUT2D eigenvalue weighted by atomic mass is 32.2. The molecule has 26 heavy (non-hydrogen) atoms. The van der Waals surface area contributed by atoms with Crippen LogP contribution in [-0.4, -0.2) is 30.5 Å². The number of aliphatic imine (C=N–C) groups is 1. The third-order valence-corrected chi connectivity index (χ3v) is 8.16. The molecule has 0 aromatic heterocycles. The molecule has 2 N–H and O–H groups in total.